The second-order valence-electron chi connectivity index (χ2n) is 3.37. The second-order valence-corrected chi connectivity index (χ2v) is 3.37. The molecule has 5 heteroatoms. The van der Waals surface area contributed by atoms with Crippen molar-refractivity contribution in [1.82, 2.24) is 4.57 Å². The largest absolute Gasteiger partial charge is 0.505 e. The van der Waals surface area contributed by atoms with Gasteiger partial charge in [-0.05, 0) is 12.1 Å². The standard InChI is InChI=1S/C11H9NO4/c1-6(13)12-8-5-3-2-4-7(8)10(14)9(12)11(15)16/h2-5,14H,1H3,(H,15,16). The Morgan fingerprint density at radius 3 is 2.44 bits per heavy atom. The maximum atomic E-state index is 11.4. The zero-order valence-electron chi connectivity index (χ0n) is 8.47. The molecule has 0 radical (unpaired) electrons. The van der Waals surface area contributed by atoms with Gasteiger partial charge in [-0.15, -0.1) is 0 Å². The highest BCUT2D eigenvalue weighted by molar-refractivity contribution is 6.06. The number of carboxylic acid groups (broad SMARTS) is 1. The van der Waals surface area contributed by atoms with Crippen molar-refractivity contribution in [2.75, 3.05) is 0 Å². The number of nitrogens with zero attached hydrogens (tertiary/aromatic N) is 1. The van der Waals surface area contributed by atoms with Crippen LogP contribution < -0.4 is 0 Å². The Hall–Kier alpha value is -2.30. The first-order chi connectivity index (χ1) is 7.54. The molecular formula is C11H9NO4. The van der Waals surface area contributed by atoms with Gasteiger partial charge < -0.3 is 10.2 Å². The van der Waals surface area contributed by atoms with E-state index in [1.807, 2.05) is 0 Å². The van der Waals surface area contributed by atoms with E-state index in [2.05, 4.69) is 0 Å². The van der Waals surface area contributed by atoms with Crippen LogP contribution in [0.4, 0.5) is 0 Å². The van der Waals surface area contributed by atoms with Gasteiger partial charge in [-0.25, -0.2) is 4.79 Å². The van der Waals surface area contributed by atoms with Gasteiger partial charge in [0.05, 0.1) is 5.52 Å². The summed E-state index contributed by atoms with van der Waals surface area (Å²) >= 11 is 0. The molecule has 0 aliphatic heterocycles. The van der Waals surface area contributed by atoms with E-state index >= 15 is 0 Å². The zero-order chi connectivity index (χ0) is 11.9. The van der Waals surface area contributed by atoms with E-state index in [1.165, 1.54) is 6.92 Å². The molecule has 1 aromatic carbocycles. The molecule has 82 valence electrons. The highest BCUT2D eigenvalue weighted by atomic mass is 16.4. The minimum Gasteiger partial charge on any atom is -0.505 e. The average molecular weight is 219 g/mol. The van der Waals surface area contributed by atoms with Crippen molar-refractivity contribution in [3.63, 3.8) is 0 Å². The molecule has 0 unspecified atom stereocenters. The molecule has 2 N–H and O–H groups in total. The molecule has 0 aliphatic rings. The normalized spacial score (nSPS) is 10.6. The van der Waals surface area contributed by atoms with Crippen LogP contribution in [0.3, 0.4) is 0 Å². The molecule has 2 aromatic rings. The van der Waals surface area contributed by atoms with Gasteiger partial charge in [-0.1, -0.05) is 12.1 Å². The fourth-order valence-corrected chi connectivity index (χ4v) is 1.75. The van der Waals surface area contributed by atoms with Crippen LogP contribution in [0.25, 0.3) is 10.9 Å². The average Bonchev–Trinajstić information content (AvgIpc) is 2.53. The fourth-order valence-electron chi connectivity index (χ4n) is 1.75. The number of carbonyl (C=O) groups is 2. The number of aromatic nitrogens is 1. The summed E-state index contributed by atoms with van der Waals surface area (Å²) in [5, 5.41) is 19.1. The molecule has 0 atom stereocenters. The lowest BCUT2D eigenvalue weighted by atomic mass is 10.2. The molecule has 0 spiro atoms. The lowest BCUT2D eigenvalue weighted by Gasteiger charge is -2.01. The lowest BCUT2D eigenvalue weighted by Crippen LogP contribution is -2.13. The molecule has 0 saturated carbocycles. The molecule has 0 amide bonds. The highest BCUT2D eigenvalue weighted by Gasteiger charge is 2.23. The first-order valence-corrected chi connectivity index (χ1v) is 4.60. The van der Waals surface area contributed by atoms with Crippen molar-refractivity contribution in [3.05, 3.63) is 30.0 Å². The van der Waals surface area contributed by atoms with Crippen molar-refractivity contribution >= 4 is 22.8 Å². The number of fused-ring (bicyclic) bond motifs is 1. The van der Waals surface area contributed by atoms with Gasteiger partial charge in [-0.3, -0.25) is 9.36 Å². The molecule has 0 fully saturated rings. The minimum atomic E-state index is -1.33. The van der Waals surface area contributed by atoms with Crippen LogP contribution >= 0.6 is 0 Å². The van der Waals surface area contributed by atoms with Crippen molar-refractivity contribution in [2.24, 2.45) is 0 Å². The van der Waals surface area contributed by atoms with E-state index in [-0.39, 0.29) is 5.75 Å². The first kappa shape index (κ1) is 10.2. The van der Waals surface area contributed by atoms with E-state index in [4.69, 9.17) is 5.11 Å². The fraction of sp³-hybridized carbons (Fsp3) is 0.0909. The van der Waals surface area contributed by atoms with Crippen molar-refractivity contribution < 1.29 is 19.8 Å². The summed E-state index contributed by atoms with van der Waals surface area (Å²) in [7, 11) is 0. The smallest absolute Gasteiger partial charge is 0.356 e. The Morgan fingerprint density at radius 2 is 1.88 bits per heavy atom. The number of aromatic hydroxyl groups is 1. The van der Waals surface area contributed by atoms with Gasteiger partial charge >= 0.3 is 5.97 Å². The number of carbonyl (C=O) groups excluding carboxylic acids is 1. The second kappa shape index (κ2) is 3.37. The summed E-state index contributed by atoms with van der Waals surface area (Å²) in [5.74, 6) is -2.16. The summed E-state index contributed by atoms with van der Waals surface area (Å²) in [5.41, 5.74) is -0.00130. The Bertz CT molecular complexity index is 597. The minimum absolute atomic E-state index is 0.357. The van der Waals surface area contributed by atoms with Crippen LogP contribution in [0.1, 0.15) is 22.2 Å². The molecule has 2 rings (SSSR count). The first-order valence-electron chi connectivity index (χ1n) is 4.60. The van der Waals surface area contributed by atoms with Crippen molar-refractivity contribution in [1.29, 1.82) is 0 Å². The Morgan fingerprint density at radius 1 is 1.25 bits per heavy atom. The van der Waals surface area contributed by atoms with Crippen LogP contribution in [0.5, 0.6) is 5.75 Å². The topological polar surface area (TPSA) is 79.5 Å². The third kappa shape index (κ3) is 1.25. The Balaban J connectivity index is 2.97. The SMILES string of the molecule is CC(=O)n1c(C(=O)O)c(O)c2ccccc21. The lowest BCUT2D eigenvalue weighted by molar-refractivity contribution is 0.0672. The molecule has 1 aromatic heterocycles. The highest BCUT2D eigenvalue weighted by Crippen LogP contribution is 2.31. The number of para-hydroxylation sites is 1. The van der Waals surface area contributed by atoms with Gasteiger partial charge in [0.25, 0.3) is 0 Å². The summed E-state index contributed by atoms with van der Waals surface area (Å²) < 4.78 is 0.993. The molecule has 0 saturated heterocycles. The van der Waals surface area contributed by atoms with Gasteiger partial charge in [0.1, 0.15) is 0 Å². The number of hydrogen-bond donors (Lipinski definition) is 2. The molecule has 0 aliphatic carbocycles. The van der Waals surface area contributed by atoms with Crippen molar-refractivity contribution in [2.45, 2.75) is 6.92 Å². The molecule has 16 heavy (non-hydrogen) atoms. The van der Waals surface area contributed by atoms with Crippen LogP contribution in [-0.2, 0) is 0 Å². The van der Waals surface area contributed by atoms with Crippen LogP contribution in [-0.4, -0.2) is 26.7 Å². The van der Waals surface area contributed by atoms with Gasteiger partial charge in [-0.2, -0.15) is 0 Å². The van der Waals surface area contributed by atoms with E-state index in [9.17, 15) is 14.7 Å². The van der Waals surface area contributed by atoms with Crippen LogP contribution in [0.2, 0.25) is 0 Å². The Labute approximate surface area is 90.5 Å². The summed E-state index contributed by atoms with van der Waals surface area (Å²) in [6.45, 7) is 1.25. The Kier molecular flexibility index (Phi) is 2.16. The monoisotopic (exact) mass is 219 g/mol. The number of rotatable bonds is 1. The van der Waals surface area contributed by atoms with E-state index in [1.54, 1.807) is 24.3 Å². The third-order valence-corrected chi connectivity index (χ3v) is 2.37. The number of benzene rings is 1. The van der Waals surface area contributed by atoms with Gasteiger partial charge in [0.2, 0.25) is 5.91 Å². The summed E-state index contributed by atoms with van der Waals surface area (Å²) in [6, 6.07) is 6.49. The zero-order valence-corrected chi connectivity index (χ0v) is 8.47. The molecule has 1 heterocycles. The summed E-state index contributed by atoms with van der Waals surface area (Å²) in [6.07, 6.45) is 0. The number of hydrogen-bond acceptors (Lipinski definition) is 3. The van der Waals surface area contributed by atoms with E-state index in [0.717, 1.165) is 4.57 Å². The molecule has 0 bridgehead atoms. The molecular weight excluding hydrogens is 210 g/mol. The quantitative estimate of drug-likeness (QED) is 0.765. The maximum Gasteiger partial charge on any atom is 0.356 e. The third-order valence-electron chi connectivity index (χ3n) is 2.37. The molecule has 5 nitrogen and oxygen atoms in total. The van der Waals surface area contributed by atoms with Gasteiger partial charge in [0.15, 0.2) is 11.4 Å². The van der Waals surface area contributed by atoms with E-state index in [0.29, 0.717) is 10.9 Å². The maximum absolute atomic E-state index is 11.4. The summed E-state index contributed by atoms with van der Waals surface area (Å²) in [4.78, 5) is 22.4. The van der Waals surface area contributed by atoms with Crippen molar-refractivity contribution in [3.8, 4) is 5.75 Å². The number of aromatic carboxylic acids is 1. The number of carboxylic acids is 1. The predicted octanol–water partition coefficient (Wildman–Crippen LogP) is 1.71. The predicted molar refractivity (Wildman–Crippen MR) is 56.9 cm³/mol. The van der Waals surface area contributed by atoms with E-state index < -0.39 is 17.6 Å². The van der Waals surface area contributed by atoms with Crippen LogP contribution in [0, 0.1) is 0 Å². The van der Waals surface area contributed by atoms with Crippen LogP contribution in [0.15, 0.2) is 24.3 Å². The van der Waals surface area contributed by atoms with Gasteiger partial charge in [0, 0.05) is 12.3 Å².